The molecule has 0 fully saturated rings. The van der Waals surface area contributed by atoms with E-state index in [4.69, 9.17) is 5.10 Å². The van der Waals surface area contributed by atoms with E-state index >= 15 is 0 Å². The smallest absolute Gasteiger partial charge is 0.0660 e. The van der Waals surface area contributed by atoms with Gasteiger partial charge in [-0.2, -0.15) is 5.10 Å². The van der Waals surface area contributed by atoms with Crippen LogP contribution >= 0.6 is 15.9 Å². The van der Waals surface area contributed by atoms with Gasteiger partial charge in [0, 0.05) is 10.2 Å². The van der Waals surface area contributed by atoms with Crippen LogP contribution in [0.15, 0.2) is 28.7 Å². The third-order valence-corrected chi connectivity index (χ3v) is 4.02. The third-order valence-electron chi connectivity index (χ3n) is 3.52. The van der Waals surface area contributed by atoms with Crippen molar-refractivity contribution in [1.29, 1.82) is 0 Å². The molecular weight excluding hydrogens is 314 g/mol. The minimum absolute atomic E-state index is 1.04. The molecule has 0 saturated carbocycles. The van der Waals surface area contributed by atoms with Gasteiger partial charge in [0.25, 0.3) is 0 Å². The fourth-order valence-corrected chi connectivity index (χ4v) is 2.85. The summed E-state index contributed by atoms with van der Waals surface area (Å²) in [6, 6.07) is 8.27. The van der Waals surface area contributed by atoms with Crippen molar-refractivity contribution in [1.82, 2.24) is 15.1 Å². The van der Waals surface area contributed by atoms with Crippen LogP contribution in [0.2, 0.25) is 0 Å². The van der Waals surface area contributed by atoms with Gasteiger partial charge in [-0.3, -0.25) is 0 Å². The standard InChI is InChI=1S/C16H22BrN3/c1-4-18-10-6-9-16-12(2)19-20(13(16)3)15-8-5-7-14(17)11-15/h5,7-8,11,18H,4,6,9-10H2,1-3H3. The van der Waals surface area contributed by atoms with Gasteiger partial charge in [-0.05, 0) is 63.5 Å². The van der Waals surface area contributed by atoms with Gasteiger partial charge in [-0.25, -0.2) is 4.68 Å². The Hall–Kier alpha value is -1.13. The Morgan fingerprint density at radius 3 is 2.80 bits per heavy atom. The van der Waals surface area contributed by atoms with Crippen LogP contribution in [-0.2, 0) is 6.42 Å². The molecule has 0 amide bonds. The molecule has 0 saturated heterocycles. The second-order valence-electron chi connectivity index (χ2n) is 5.00. The maximum Gasteiger partial charge on any atom is 0.0660 e. The first-order chi connectivity index (χ1) is 9.63. The van der Waals surface area contributed by atoms with Gasteiger partial charge in [0.2, 0.25) is 0 Å². The second-order valence-corrected chi connectivity index (χ2v) is 5.91. The van der Waals surface area contributed by atoms with Crippen molar-refractivity contribution in [3.8, 4) is 5.69 Å². The lowest BCUT2D eigenvalue weighted by Gasteiger charge is -2.06. The molecule has 0 aliphatic carbocycles. The Labute approximate surface area is 129 Å². The Balaban J connectivity index is 2.20. The van der Waals surface area contributed by atoms with E-state index in [9.17, 15) is 0 Å². The van der Waals surface area contributed by atoms with Crippen LogP contribution in [0, 0.1) is 13.8 Å². The van der Waals surface area contributed by atoms with E-state index < -0.39 is 0 Å². The van der Waals surface area contributed by atoms with E-state index in [1.807, 2.05) is 16.8 Å². The Morgan fingerprint density at radius 1 is 1.30 bits per heavy atom. The number of nitrogens with zero attached hydrogens (tertiary/aromatic N) is 2. The summed E-state index contributed by atoms with van der Waals surface area (Å²) in [7, 11) is 0. The molecule has 2 aromatic rings. The van der Waals surface area contributed by atoms with Gasteiger partial charge in [-0.1, -0.05) is 28.9 Å². The Kier molecular flexibility index (Phi) is 5.38. The maximum absolute atomic E-state index is 4.70. The van der Waals surface area contributed by atoms with E-state index in [0.29, 0.717) is 0 Å². The number of nitrogens with one attached hydrogen (secondary N) is 1. The maximum atomic E-state index is 4.70. The molecule has 1 aromatic carbocycles. The zero-order chi connectivity index (χ0) is 14.5. The lowest BCUT2D eigenvalue weighted by Crippen LogP contribution is -2.14. The molecule has 1 heterocycles. The van der Waals surface area contributed by atoms with Crippen LogP contribution in [-0.4, -0.2) is 22.9 Å². The number of halogens is 1. The van der Waals surface area contributed by atoms with E-state index in [-0.39, 0.29) is 0 Å². The van der Waals surface area contributed by atoms with Crippen LogP contribution in [0.25, 0.3) is 5.69 Å². The minimum atomic E-state index is 1.04. The monoisotopic (exact) mass is 335 g/mol. The topological polar surface area (TPSA) is 29.9 Å². The molecule has 0 atom stereocenters. The SMILES string of the molecule is CCNCCCc1c(C)nn(-c2cccc(Br)c2)c1C. The largest absolute Gasteiger partial charge is 0.317 e. The highest BCUT2D eigenvalue weighted by atomic mass is 79.9. The first-order valence-corrected chi connectivity index (χ1v) is 7.94. The fourth-order valence-electron chi connectivity index (χ4n) is 2.46. The van der Waals surface area contributed by atoms with Gasteiger partial charge in [0.05, 0.1) is 11.4 Å². The zero-order valence-electron chi connectivity index (χ0n) is 12.4. The number of hydrogen-bond donors (Lipinski definition) is 1. The van der Waals surface area contributed by atoms with Crippen LogP contribution in [0.5, 0.6) is 0 Å². The van der Waals surface area contributed by atoms with Gasteiger partial charge in [0.1, 0.15) is 0 Å². The molecule has 0 unspecified atom stereocenters. The minimum Gasteiger partial charge on any atom is -0.317 e. The molecule has 20 heavy (non-hydrogen) atoms. The summed E-state index contributed by atoms with van der Waals surface area (Å²) in [6.07, 6.45) is 2.23. The number of rotatable bonds is 6. The van der Waals surface area contributed by atoms with Crippen LogP contribution < -0.4 is 5.32 Å². The summed E-state index contributed by atoms with van der Waals surface area (Å²) >= 11 is 3.52. The second kappa shape index (κ2) is 7.04. The van der Waals surface area contributed by atoms with Gasteiger partial charge in [0.15, 0.2) is 0 Å². The van der Waals surface area contributed by atoms with Crippen LogP contribution in [0.4, 0.5) is 0 Å². The normalized spacial score (nSPS) is 11.0. The highest BCUT2D eigenvalue weighted by Crippen LogP contribution is 2.21. The van der Waals surface area contributed by atoms with Crippen LogP contribution in [0.3, 0.4) is 0 Å². The number of aryl methyl sites for hydroxylation is 1. The van der Waals surface area contributed by atoms with Crippen molar-refractivity contribution in [2.75, 3.05) is 13.1 Å². The molecular formula is C16H22BrN3. The molecule has 0 aliphatic heterocycles. The summed E-state index contributed by atoms with van der Waals surface area (Å²) < 4.78 is 3.12. The van der Waals surface area contributed by atoms with Gasteiger partial charge >= 0.3 is 0 Å². The first kappa shape index (κ1) is 15.3. The van der Waals surface area contributed by atoms with Crippen molar-refractivity contribution < 1.29 is 0 Å². The summed E-state index contributed by atoms with van der Waals surface area (Å²) in [5.74, 6) is 0. The van der Waals surface area contributed by atoms with E-state index in [2.05, 4.69) is 54.2 Å². The van der Waals surface area contributed by atoms with Crippen molar-refractivity contribution in [3.63, 3.8) is 0 Å². The summed E-state index contributed by atoms with van der Waals surface area (Å²) in [4.78, 5) is 0. The molecule has 0 spiro atoms. The molecule has 108 valence electrons. The van der Waals surface area contributed by atoms with Crippen molar-refractivity contribution in [3.05, 3.63) is 45.7 Å². The predicted octanol–water partition coefficient (Wildman–Crippen LogP) is 3.79. The quantitative estimate of drug-likeness (QED) is 0.814. The lowest BCUT2D eigenvalue weighted by atomic mass is 10.1. The first-order valence-electron chi connectivity index (χ1n) is 7.15. The average molecular weight is 336 g/mol. The van der Waals surface area contributed by atoms with Crippen molar-refractivity contribution >= 4 is 15.9 Å². The molecule has 2 rings (SSSR count). The van der Waals surface area contributed by atoms with E-state index in [0.717, 1.165) is 41.8 Å². The highest BCUT2D eigenvalue weighted by Gasteiger charge is 2.12. The lowest BCUT2D eigenvalue weighted by molar-refractivity contribution is 0.670. The van der Waals surface area contributed by atoms with Crippen LogP contribution in [0.1, 0.15) is 30.3 Å². The number of benzene rings is 1. The predicted molar refractivity (Wildman–Crippen MR) is 87.6 cm³/mol. The van der Waals surface area contributed by atoms with E-state index in [1.165, 1.54) is 11.3 Å². The third kappa shape index (κ3) is 3.49. The average Bonchev–Trinajstić information content (AvgIpc) is 2.71. The van der Waals surface area contributed by atoms with E-state index in [1.54, 1.807) is 0 Å². The summed E-state index contributed by atoms with van der Waals surface area (Å²) in [5.41, 5.74) is 4.87. The number of hydrogen-bond acceptors (Lipinski definition) is 2. The summed E-state index contributed by atoms with van der Waals surface area (Å²) in [5, 5.41) is 8.07. The molecule has 1 aromatic heterocycles. The number of aromatic nitrogens is 2. The van der Waals surface area contributed by atoms with Crippen molar-refractivity contribution in [2.24, 2.45) is 0 Å². The molecule has 4 heteroatoms. The molecule has 0 bridgehead atoms. The van der Waals surface area contributed by atoms with Gasteiger partial charge in [-0.15, -0.1) is 0 Å². The fraction of sp³-hybridized carbons (Fsp3) is 0.438. The molecule has 0 aliphatic rings. The molecule has 1 N–H and O–H groups in total. The van der Waals surface area contributed by atoms with Gasteiger partial charge < -0.3 is 5.32 Å². The molecule has 0 radical (unpaired) electrons. The molecule has 3 nitrogen and oxygen atoms in total. The Morgan fingerprint density at radius 2 is 2.10 bits per heavy atom. The summed E-state index contributed by atoms with van der Waals surface area (Å²) in [6.45, 7) is 8.50. The van der Waals surface area contributed by atoms with Crippen molar-refractivity contribution in [2.45, 2.75) is 33.6 Å². The highest BCUT2D eigenvalue weighted by molar-refractivity contribution is 9.10. The Bertz CT molecular complexity index is 575. The zero-order valence-corrected chi connectivity index (χ0v) is 14.0.